The van der Waals surface area contributed by atoms with Gasteiger partial charge in [0.25, 0.3) is 0 Å². The van der Waals surface area contributed by atoms with Crippen molar-refractivity contribution in [2.24, 2.45) is 5.92 Å². The van der Waals surface area contributed by atoms with Crippen molar-refractivity contribution in [2.75, 3.05) is 19.6 Å². The largest absolute Gasteiger partial charge is 0.355 e. The van der Waals surface area contributed by atoms with E-state index in [0.717, 1.165) is 12.5 Å². The molecule has 0 aromatic carbocycles. The van der Waals surface area contributed by atoms with Gasteiger partial charge >= 0.3 is 0 Å². The van der Waals surface area contributed by atoms with Crippen LogP contribution in [0.2, 0.25) is 0 Å². The van der Waals surface area contributed by atoms with E-state index in [9.17, 15) is 4.79 Å². The van der Waals surface area contributed by atoms with Gasteiger partial charge in [0.05, 0.1) is 6.54 Å². The van der Waals surface area contributed by atoms with Crippen LogP contribution in [0.4, 0.5) is 0 Å². The number of nitrogens with zero attached hydrogens (tertiary/aromatic N) is 2. The van der Waals surface area contributed by atoms with Gasteiger partial charge in [-0.3, -0.25) is 4.79 Å². The lowest BCUT2D eigenvalue weighted by Crippen LogP contribution is -2.35. The van der Waals surface area contributed by atoms with Crippen molar-refractivity contribution in [3.8, 4) is 0 Å². The zero-order valence-corrected chi connectivity index (χ0v) is 9.11. The molecule has 0 bridgehead atoms. The van der Waals surface area contributed by atoms with Crippen LogP contribution in [-0.2, 0) is 11.2 Å². The molecule has 2 rings (SSSR count). The molecule has 1 amide bonds. The van der Waals surface area contributed by atoms with Crippen molar-refractivity contribution in [3.63, 3.8) is 0 Å². The van der Waals surface area contributed by atoms with Gasteiger partial charge in [-0.2, -0.15) is 4.98 Å². The highest BCUT2D eigenvalue weighted by Gasteiger charge is 2.20. The van der Waals surface area contributed by atoms with Gasteiger partial charge in [-0.25, -0.2) is 0 Å². The number of nitrogens with one attached hydrogen (secondary N) is 2. The number of carbonyl (C=O) groups is 1. The second-order valence-corrected chi connectivity index (χ2v) is 4.02. The van der Waals surface area contributed by atoms with E-state index >= 15 is 0 Å². The van der Waals surface area contributed by atoms with E-state index in [1.54, 1.807) is 0 Å². The third-order valence-corrected chi connectivity index (χ3v) is 2.49. The Labute approximate surface area is 93.8 Å². The highest BCUT2D eigenvalue weighted by Crippen LogP contribution is 2.27. The molecular weight excluding hydrogens is 208 g/mol. The maximum absolute atomic E-state index is 11.3. The molecule has 0 saturated heterocycles. The fourth-order valence-corrected chi connectivity index (χ4v) is 1.39. The Morgan fingerprint density at radius 3 is 3.12 bits per heavy atom. The topological polar surface area (TPSA) is 80.0 Å². The van der Waals surface area contributed by atoms with E-state index in [-0.39, 0.29) is 5.91 Å². The lowest BCUT2D eigenvalue weighted by atomic mass is 10.4. The van der Waals surface area contributed by atoms with Crippen molar-refractivity contribution in [1.29, 1.82) is 0 Å². The van der Waals surface area contributed by atoms with Crippen LogP contribution < -0.4 is 10.6 Å². The van der Waals surface area contributed by atoms with Crippen LogP contribution in [-0.4, -0.2) is 35.7 Å². The SMILES string of the molecule is O=C(CNCC1CC1)NCCc1ncon1. The number of rotatable bonds is 7. The zero-order valence-electron chi connectivity index (χ0n) is 9.11. The highest BCUT2D eigenvalue weighted by molar-refractivity contribution is 5.77. The molecule has 1 aliphatic carbocycles. The summed E-state index contributed by atoms with van der Waals surface area (Å²) in [6.45, 7) is 1.89. The molecule has 1 saturated carbocycles. The fourth-order valence-electron chi connectivity index (χ4n) is 1.39. The molecule has 88 valence electrons. The minimum atomic E-state index is 0.0177. The summed E-state index contributed by atoms with van der Waals surface area (Å²) in [7, 11) is 0. The van der Waals surface area contributed by atoms with E-state index < -0.39 is 0 Å². The van der Waals surface area contributed by atoms with Crippen molar-refractivity contribution in [3.05, 3.63) is 12.2 Å². The first-order valence-electron chi connectivity index (χ1n) is 5.57. The highest BCUT2D eigenvalue weighted by atomic mass is 16.5. The molecule has 6 heteroatoms. The lowest BCUT2D eigenvalue weighted by molar-refractivity contribution is -0.120. The van der Waals surface area contributed by atoms with Gasteiger partial charge in [0.2, 0.25) is 12.3 Å². The summed E-state index contributed by atoms with van der Waals surface area (Å²) in [6.07, 6.45) is 4.48. The summed E-state index contributed by atoms with van der Waals surface area (Å²) in [5, 5.41) is 9.57. The number of amides is 1. The standard InChI is InChI=1S/C10H16N4O2/c15-10(6-11-5-8-1-2-8)12-4-3-9-13-7-16-14-9/h7-8,11H,1-6H2,(H,12,15). The Hall–Kier alpha value is -1.43. The third-order valence-electron chi connectivity index (χ3n) is 2.49. The Bertz CT molecular complexity index is 322. The smallest absolute Gasteiger partial charge is 0.233 e. The molecule has 1 fully saturated rings. The summed E-state index contributed by atoms with van der Waals surface area (Å²) in [4.78, 5) is 15.2. The Kier molecular flexibility index (Phi) is 3.87. The number of carbonyl (C=O) groups excluding carboxylic acids is 1. The van der Waals surface area contributed by atoms with Crippen LogP contribution in [0, 0.1) is 5.92 Å². The summed E-state index contributed by atoms with van der Waals surface area (Å²) >= 11 is 0. The monoisotopic (exact) mass is 224 g/mol. The van der Waals surface area contributed by atoms with Crippen LogP contribution >= 0.6 is 0 Å². The Balaban J connectivity index is 1.49. The molecular formula is C10H16N4O2. The predicted molar refractivity (Wildman–Crippen MR) is 56.6 cm³/mol. The van der Waals surface area contributed by atoms with E-state index in [1.165, 1.54) is 19.2 Å². The minimum Gasteiger partial charge on any atom is -0.355 e. The van der Waals surface area contributed by atoms with Gasteiger partial charge in [0.1, 0.15) is 0 Å². The maximum atomic E-state index is 11.3. The first-order chi connectivity index (χ1) is 7.84. The first-order valence-corrected chi connectivity index (χ1v) is 5.57. The summed E-state index contributed by atoms with van der Waals surface area (Å²) in [6, 6.07) is 0. The first kappa shape index (κ1) is 11.1. The Morgan fingerprint density at radius 1 is 1.56 bits per heavy atom. The molecule has 1 aliphatic rings. The van der Waals surface area contributed by atoms with Gasteiger partial charge < -0.3 is 15.2 Å². The van der Waals surface area contributed by atoms with Crippen LogP contribution in [0.15, 0.2) is 10.9 Å². The zero-order chi connectivity index (χ0) is 11.2. The summed E-state index contributed by atoms with van der Waals surface area (Å²) in [5.41, 5.74) is 0. The van der Waals surface area contributed by atoms with Crippen LogP contribution in [0.25, 0.3) is 0 Å². The van der Waals surface area contributed by atoms with Crippen LogP contribution in [0.5, 0.6) is 0 Å². The molecule has 0 unspecified atom stereocenters. The normalized spacial score (nSPS) is 15.0. The number of hydrogen-bond donors (Lipinski definition) is 2. The van der Waals surface area contributed by atoms with Crippen molar-refractivity contribution < 1.29 is 9.32 Å². The van der Waals surface area contributed by atoms with Gasteiger partial charge in [0, 0.05) is 13.0 Å². The molecule has 0 spiro atoms. The van der Waals surface area contributed by atoms with Crippen molar-refractivity contribution in [1.82, 2.24) is 20.8 Å². The number of aromatic nitrogens is 2. The molecule has 0 radical (unpaired) electrons. The van der Waals surface area contributed by atoms with Gasteiger partial charge in [-0.05, 0) is 25.3 Å². The molecule has 1 aromatic heterocycles. The van der Waals surface area contributed by atoms with E-state index in [4.69, 9.17) is 0 Å². The van der Waals surface area contributed by atoms with Crippen molar-refractivity contribution >= 4 is 5.91 Å². The molecule has 2 N–H and O–H groups in total. The summed E-state index contributed by atoms with van der Waals surface area (Å²) in [5.74, 6) is 1.43. The molecule has 1 aromatic rings. The quantitative estimate of drug-likeness (QED) is 0.666. The average Bonchev–Trinajstić information content (AvgIpc) is 2.94. The Morgan fingerprint density at radius 2 is 2.44 bits per heavy atom. The van der Waals surface area contributed by atoms with Crippen molar-refractivity contribution in [2.45, 2.75) is 19.3 Å². The van der Waals surface area contributed by atoms with E-state index in [2.05, 4.69) is 25.3 Å². The molecule has 6 nitrogen and oxygen atoms in total. The van der Waals surface area contributed by atoms with Gasteiger partial charge in [-0.1, -0.05) is 5.16 Å². The van der Waals surface area contributed by atoms with Crippen LogP contribution in [0.3, 0.4) is 0 Å². The van der Waals surface area contributed by atoms with Gasteiger partial charge in [-0.15, -0.1) is 0 Å². The van der Waals surface area contributed by atoms with Crippen LogP contribution in [0.1, 0.15) is 18.7 Å². The van der Waals surface area contributed by atoms with E-state index in [0.29, 0.717) is 25.3 Å². The second-order valence-electron chi connectivity index (χ2n) is 4.02. The maximum Gasteiger partial charge on any atom is 0.233 e. The molecule has 1 heterocycles. The molecule has 0 atom stereocenters. The predicted octanol–water partition coefficient (Wildman–Crippen LogP) is -0.272. The van der Waals surface area contributed by atoms with E-state index in [1.807, 2.05) is 0 Å². The second kappa shape index (κ2) is 5.60. The average molecular weight is 224 g/mol. The number of hydrogen-bond acceptors (Lipinski definition) is 5. The lowest BCUT2D eigenvalue weighted by Gasteiger charge is -2.04. The minimum absolute atomic E-state index is 0.0177. The summed E-state index contributed by atoms with van der Waals surface area (Å²) < 4.78 is 4.58. The molecule has 0 aliphatic heterocycles. The fraction of sp³-hybridized carbons (Fsp3) is 0.700. The third kappa shape index (κ3) is 3.98. The molecule has 16 heavy (non-hydrogen) atoms. The van der Waals surface area contributed by atoms with Gasteiger partial charge in [0.15, 0.2) is 5.82 Å².